The summed E-state index contributed by atoms with van der Waals surface area (Å²) in [7, 11) is 0. The monoisotopic (exact) mass is 1050 g/mol. The van der Waals surface area contributed by atoms with Gasteiger partial charge in [-0.15, -0.1) is 0 Å². The molecule has 0 unspecified atom stereocenters. The van der Waals surface area contributed by atoms with Gasteiger partial charge >= 0.3 is 0 Å². The lowest BCUT2D eigenvalue weighted by molar-refractivity contribution is 1.07. The third-order valence-corrected chi connectivity index (χ3v) is 16.4. The van der Waals surface area contributed by atoms with Crippen molar-refractivity contribution in [3.05, 3.63) is 279 Å². The third-order valence-electron chi connectivity index (χ3n) is 16.4. The predicted octanol–water partition coefficient (Wildman–Crippen LogP) is 18.3. The fourth-order valence-corrected chi connectivity index (χ4v) is 13.0. The highest BCUT2D eigenvalue weighted by Crippen LogP contribution is 2.47. The molecule has 6 heterocycles. The number of aromatic nitrogens is 8. The first-order valence-electron chi connectivity index (χ1n) is 27.7. The van der Waals surface area contributed by atoms with E-state index in [9.17, 15) is 0 Å². The minimum atomic E-state index is 0.532. The zero-order chi connectivity index (χ0) is 53.8. The highest BCUT2D eigenvalue weighted by Gasteiger charge is 2.28. The Morgan fingerprint density at radius 3 is 1.07 bits per heavy atom. The molecule has 82 heavy (non-hydrogen) atoms. The molecule has 0 spiro atoms. The molecular weight excluding hydrogens is 1000 g/mol. The first-order valence-corrected chi connectivity index (χ1v) is 27.7. The molecule has 0 amide bonds. The van der Waals surface area contributed by atoms with Crippen LogP contribution in [0.15, 0.2) is 279 Å². The molecule has 8 heteroatoms. The van der Waals surface area contributed by atoms with Crippen molar-refractivity contribution in [1.29, 1.82) is 0 Å². The molecule has 382 valence electrons. The molecule has 0 bridgehead atoms. The number of hydrogen-bond donors (Lipinski definition) is 0. The topological polar surface area (TPSA) is 71.3 Å². The van der Waals surface area contributed by atoms with Crippen molar-refractivity contribution < 1.29 is 0 Å². The van der Waals surface area contributed by atoms with Crippen molar-refractivity contribution in [3.63, 3.8) is 0 Å². The largest absolute Gasteiger partial charge is 0.309 e. The summed E-state index contributed by atoms with van der Waals surface area (Å²) in [4.78, 5) is 21.7. The summed E-state index contributed by atoms with van der Waals surface area (Å²) in [6, 6.07) is 97.3. The standard InChI is InChI=1S/C74H46N8/c1-5-23-47(24-6-1)72-76-73(48-25-7-2-8-26-48)78-74(77-72)55-35-21-40-64(81-62-38-19-15-33-53(62)58-43-56-51-31-13-17-36-60(51)79(66(56)45-68(58)81)49-27-9-3-10-28-49)70(55)71-65(41-22-42-75-71)82-63-39-20-16-34-54(63)59-44-57-52-32-14-18-37-61(52)80(67(57)46-69(59)82)50-29-11-4-12-30-50/h1-46H. The molecule has 0 radical (unpaired) electrons. The van der Waals surface area contributed by atoms with E-state index >= 15 is 0 Å². The zero-order valence-corrected chi connectivity index (χ0v) is 44.1. The molecule has 0 N–H and O–H groups in total. The highest BCUT2D eigenvalue weighted by atomic mass is 15.1. The minimum absolute atomic E-state index is 0.532. The van der Waals surface area contributed by atoms with Crippen LogP contribution < -0.4 is 0 Å². The Balaban J connectivity index is 1.01. The normalized spacial score (nSPS) is 11.9. The number of pyridine rings is 1. The van der Waals surface area contributed by atoms with E-state index in [1.807, 2.05) is 42.6 Å². The van der Waals surface area contributed by atoms with Gasteiger partial charge in [-0.1, -0.05) is 182 Å². The fraction of sp³-hybridized carbons (Fsp3) is 0. The van der Waals surface area contributed by atoms with Crippen LogP contribution in [0.5, 0.6) is 0 Å². The van der Waals surface area contributed by atoms with Gasteiger partial charge in [-0.3, -0.25) is 4.98 Å². The molecule has 0 saturated carbocycles. The van der Waals surface area contributed by atoms with Gasteiger partial charge in [0.1, 0.15) is 0 Å². The van der Waals surface area contributed by atoms with E-state index in [1.165, 1.54) is 21.5 Å². The molecule has 0 fully saturated rings. The molecule has 11 aromatic carbocycles. The van der Waals surface area contributed by atoms with Crippen LogP contribution in [0.3, 0.4) is 0 Å². The summed E-state index contributed by atoms with van der Waals surface area (Å²) in [5, 5.41) is 9.38. The van der Waals surface area contributed by atoms with Gasteiger partial charge in [-0.2, -0.15) is 0 Å². The second kappa shape index (κ2) is 18.2. The number of fused-ring (bicyclic) bond motifs is 12. The first kappa shape index (κ1) is 45.8. The van der Waals surface area contributed by atoms with Gasteiger partial charge in [0, 0.05) is 82.9 Å². The van der Waals surface area contributed by atoms with Crippen LogP contribution in [0.1, 0.15) is 0 Å². The Bertz CT molecular complexity index is 5330. The minimum Gasteiger partial charge on any atom is -0.309 e. The van der Waals surface area contributed by atoms with E-state index in [4.69, 9.17) is 19.9 Å². The van der Waals surface area contributed by atoms with Crippen LogP contribution in [-0.4, -0.2) is 38.2 Å². The van der Waals surface area contributed by atoms with E-state index in [1.54, 1.807) is 0 Å². The number of rotatable bonds is 8. The smallest absolute Gasteiger partial charge is 0.164 e. The molecule has 0 aliphatic heterocycles. The zero-order valence-electron chi connectivity index (χ0n) is 44.1. The molecular formula is C74H46N8. The molecule has 0 aliphatic rings. The lowest BCUT2D eigenvalue weighted by atomic mass is 9.98. The number of benzene rings is 11. The summed E-state index contributed by atoms with van der Waals surface area (Å²) >= 11 is 0. The van der Waals surface area contributed by atoms with Crippen LogP contribution in [0, 0.1) is 0 Å². The molecule has 0 saturated heterocycles. The summed E-state index contributed by atoms with van der Waals surface area (Å²) in [6.07, 6.45) is 1.92. The number of hydrogen-bond acceptors (Lipinski definition) is 4. The Labute approximate surface area is 470 Å². The summed E-state index contributed by atoms with van der Waals surface area (Å²) in [6.45, 7) is 0. The average Bonchev–Trinajstić information content (AvgIpc) is 3.13. The molecule has 17 aromatic rings. The summed E-state index contributed by atoms with van der Waals surface area (Å²) < 4.78 is 9.67. The van der Waals surface area contributed by atoms with E-state index in [0.29, 0.717) is 17.5 Å². The van der Waals surface area contributed by atoms with Gasteiger partial charge < -0.3 is 18.3 Å². The maximum Gasteiger partial charge on any atom is 0.164 e. The Kier molecular flexibility index (Phi) is 10.1. The van der Waals surface area contributed by atoms with Gasteiger partial charge in [-0.05, 0) is 91.0 Å². The lowest BCUT2D eigenvalue weighted by Gasteiger charge is -2.20. The van der Waals surface area contributed by atoms with Crippen molar-refractivity contribution in [2.45, 2.75) is 0 Å². The third kappa shape index (κ3) is 6.91. The van der Waals surface area contributed by atoms with Gasteiger partial charge in [-0.25, -0.2) is 15.0 Å². The van der Waals surface area contributed by atoms with Crippen LogP contribution >= 0.6 is 0 Å². The molecule has 0 aliphatic carbocycles. The van der Waals surface area contributed by atoms with Gasteiger partial charge in [0.15, 0.2) is 17.5 Å². The molecule has 0 atom stereocenters. The summed E-state index contributed by atoms with van der Waals surface area (Å²) in [5.41, 5.74) is 17.1. The molecule has 6 aromatic heterocycles. The SMILES string of the molecule is c1ccc(-c2nc(-c3ccccc3)nc(-c3cccc(-n4c5ccccc5c5cc6c7ccccc7n(-c7ccccc7)c6cc54)c3-c3ncccc3-n3c4ccccc4c4cc5c6ccccc6n(-c6ccccc6)c5cc43)n2)cc1. The van der Waals surface area contributed by atoms with Crippen LogP contribution in [0.2, 0.25) is 0 Å². The number of para-hydroxylation sites is 6. The quantitative estimate of drug-likeness (QED) is 0.152. The second-order valence-electron chi connectivity index (χ2n) is 21.0. The highest BCUT2D eigenvalue weighted by molar-refractivity contribution is 6.21. The van der Waals surface area contributed by atoms with Gasteiger partial charge in [0.25, 0.3) is 0 Å². The van der Waals surface area contributed by atoms with Crippen LogP contribution in [0.25, 0.3) is 155 Å². The van der Waals surface area contributed by atoms with Crippen molar-refractivity contribution in [2.75, 3.05) is 0 Å². The van der Waals surface area contributed by atoms with E-state index < -0.39 is 0 Å². The van der Waals surface area contributed by atoms with Crippen LogP contribution in [0.4, 0.5) is 0 Å². The van der Waals surface area contributed by atoms with Crippen molar-refractivity contribution in [3.8, 4) is 68.2 Å². The second-order valence-corrected chi connectivity index (χ2v) is 21.0. The Hall–Kier alpha value is -11.2. The Morgan fingerprint density at radius 2 is 0.610 bits per heavy atom. The fourth-order valence-electron chi connectivity index (χ4n) is 13.0. The predicted molar refractivity (Wildman–Crippen MR) is 337 cm³/mol. The van der Waals surface area contributed by atoms with Gasteiger partial charge in [0.2, 0.25) is 0 Å². The van der Waals surface area contributed by atoms with Gasteiger partial charge in [0.05, 0.1) is 61.2 Å². The summed E-state index contributed by atoms with van der Waals surface area (Å²) in [5.74, 6) is 1.69. The average molecular weight is 1050 g/mol. The van der Waals surface area contributed by atoms with Crippen molar-refractivity contribution >= 4 is 87.2 Å². The van der Waals surface area contributed by atoms with Crippen molar-refractivity contribution in [2.24, 2.45) is 0 Å². The Morgan fingerprint density at radius 1 is 0.244 bits per heavy atom. The van der Waals surface area contributed by atoms with Crippen LogP contribution in [-0.2, 0) is 0 Å². The first-order chi connectivity index (χ1) is 40.7. The maximum absolute atomic E-state index is 5.58. The van der Waals surface area contributed by atoms with E-state index in [2.05, 4.69) is 255 Å². The van der Waals surface area contributed by atoms with E-state index in [0.717, 1.165) is 116 Å². The molecule has 17 rings (SSSR count). The van der Waals surface area contributed by atoms with Crippen molar-refractivity contribution in [1.82, 2.24) is 38.2 Å². The molecule has 8 nitrogen and oxygen atoms in total. The maximum atomic E-state index is 5.58. The lowest BCUT2D eigenvalue weighted by Crippen LogP contribution is -2.06. The number of nitrogens with zero attached hydrogens (tertiary/aromatic N) is 8. The van der Waals surface area contributed by atoms with E-state index in [-0.39, 0.29) is 0 Å².